The Kier molecular flexibility index (Phi) is 4.70. The molecular formula is C22H12N2O4S2. The molecule has 0 saturated heterocycles. The highest BCUT2D eigenvalue weighted by Gasteiger charge is 2.17. The molecule has 0 spiro atoms. The van der Waals surface area contributed by atoms with Crippen molar-refractivity contribution in [2.75, 3.05) is 0 Å². The molecule has 146 valence electrons. The molecule has 5 aromatic rings. The lowest BCUT2D eigenvalue weighted by Gasteiger charge is -2.04. The van der Waals surface area contributed by atoms with E-state index < -0.39 is 11.9 Å². The van der Waals surface area contributed by atoms with Crippen LogP contribution in [0.4, 0.5) is 0 Å². The molecule has 0 N–H and O–H groups in total. The number of benzene rings is 3. The first-order valence-corrected chi connectivity index (χ1v) is 10.5. The van der Waals surface area contributed by atoms with Crippen molar-refractivity contribution < 1.29 is 19.1 Å². The third kappa shape index (κ3) is 3.66. The molecule has 8 heteroatoms. The van der Waals surface area contributed by atoms with Crippen LogP contribution >= 0.6 is 22.7 Å². The molecule has 2 aromatic heterocycles. The minimum Gasteiger partial charge on any atom is -0.394 e. The number of hydrogen-bond donors (Lipinski definition) is 0. The molecule has 0 fully saturated rings. The maximum Gasteiger partial charge on any atom is 0.345 e. The van der Waals surface area contributed by atoms with Crippen molar-refractivity contribution >= 4 is 55.0 Å². The van der Waals surface area contributed by atoms with E-state index in [4.69, 9.17) is 9.47 Å². The van der Waals surface area contributed by atoms with Crippen LogP contribution in [0.2, 0.25) is 0 Å². The number of aromatic nitrogens is 2. The van der Waals surface area contributed by atoms with Gasteiger partial charge in [-0.05, 0) is 42.5 Å². The summed E-state index contributed by atoms with van der Waals surface area (Å²) in [6.45, 7) is 0. The van der Waals surface area contributed by atoms with Gasteiger partial charge in [0.1, 0.15) is 0 Å². The minimum absolute atomic E-state index is 0.230. The fourth-order valence-corrected chi connectivity index (χ4v) is 4.47. The van der Waals surface area contributed by atoms with E-state index in [1.54, 1.807) is 18.2 Å². The highest BCUT2D eigenvalue weighted by Crippen LogP contribution is 2.29. The highest BCUT2D eigenvalue weighted by molar-refractivity contribution is 7.20. The number of thiazole rings is 2. The van der Waals surface area contributed by atoms with Crippen molar-refractivity contribution in [2.45, 2.75) is 0 Å². The third-order valence-corrected chi connectivity index (χ3v) is 6.07. The fourth-order valence-electron chi connectivity index (χ4n) is 2.84. The molecule has 3 aromatic carbocycles. The van der Waals surface area contributed by atoms with Crippen molar-refractivity contribution in [1.29, 1.82) is 0 Å². The summed E-state index contributed by atoms with van der Waals surface area (Å²) < 4.78 is 12.6. The molecule has 2 heterocycles. The van der Waals surface area contributed by atoms with Crippen molar-refractivity contribution in [3.8, 4) is 10.4 Å². The van der Waals surface area contributed by atoms with E-state index in [-0.39, 0.29) is 21.5 Å². The predicted octanol–water partition coefficient (Wildman–Crippen LogP) is 5.34. The van der Waals surface area contributed by atoms with E-state index in [9.17, 15) is 9.59 Å². The second kappa shape index (κ2) is 7.66. The summed E-state index contributed by atoms with van der Waals surface area (Å²) in [6, 6.07) is 21.2. The lowest BCUT2D eigenvalue weighted by molar-refractivity contribution is 0.0734. The van der Waals surface area contributed by atoms with Gasteiger partial charge in [-0.25, -0.2) is 19.6 Å². The Bertz CT molecular complexity index is 1240. The van der Waals surface area contributed by atoms with Crippen molar-refractivity contribution in [3.63, 3.8) is 0 Å². The van der Waals surface area contributed by atoms with Crippen LogP contribution in [0.15, 0.2) is 72.8 Å². The van der Waals surface area contributed by atoms with E-state index >= 15 is 0 Å². The largest absolute Gasteiger partial charge is 0.394 e. The molecule has 0 aliphatic rings. The molecule has 0 radical (unpaired) electrons. The van der Waals surface area contributed by atoms with Crippen LogP contribution in [0.5, 0.6) is 10.4 Å². The molecule has 0 bridgehead atoms. The number of esters is 2. The number of ether oxygens (including phenoxy) is 2. The van der Waals surface area contributed by atoms with Gasteiger partial charge in [0.05, 0.1) is 31.6 Å². The molecule has 0 atom stereocenters. The molecule has 5 rings (SSSR count). The quantitative estimate of drug-likeness (QED) is 0.357. The van der Waals surface area contributed by atoms with Gasteiger partial charge in [0.25, 0.3) is 10.4 Å². The third-order valence-electron chi connectivity index (χ3n) is 4.24. The zero-order chi connectivity index (χ0) is 20.5. The van der Waals surface area contributed by atoms with Crippen molar-refractivity contribution in [1.82, 2.24) is 9.97 Å². The van der Waals surface area contributed by atoms with Gasteiger partial charge in [-0.15, -0.1) is 0 Å². The number of hydrogen-bond acceptors (Lipinski definition) is 8. The van der Waals surface area contributed by atoms with E-state index in [0.29, 0.717) is 0 Å². The molecule has 0 unspecified atom stereocenters. The van der Waals surface area contributed by atoms with Crippen LogP contribution in [0, 0.1) is 0 Å². The Morgan fingerprint density at radius 3 is 1.57 bits per heavy atom. The maximum atomic E-state index is 12.5. The lowest BCUT2D eigenvalue weighted by atomic mass is 10.1. The summed E-state index contributed by atoms with van der Waals surface area (Å²) in [5.41, 5.74) is 1.98. The molecule has 0 aliphatic heterocycles. The number of para-hydroxylation sites is 2. The van der Waals surface area contributed by atoms with Gasteiger partial charge in [-0.2, -0.15) is 0 Å². The number of fused-ring (bicyclic) bond motifs is 2. The lowest BCUT2D eigenvalue weighted by Crippen LogP contribution is -2.12. The van der Waals surface area contributed by atoms with Gasteiger partial charge in [0.15, 0.2) is 0 Å². The number of nitrogens with zero attached hydrogens (tertiary/aromatic N) is 2. The summed E-state index contributed by atoms with van der Waals surface area (Å²) in [6.07, 6.45) is 0. The number of rotatable bonds is 4. The monoisotopic (exact) mass is 432 g/mol. The topological polar surface area (TPSA) is 78.4 Å². The van der Waals surface area contributed by atoms with Crippen molar-refractivity contribution in [2.24, 2.45) is 0 Å². The maximum absolute atomic E-state index is 12.5. The second-order valence-electron chi connectivity index (χ2n) is 6.25. The Labute approximate surface area is 178 Å². The SMILES string of the molecule is O=C(Oc1nc2ccccc2s1)c1cccc(C(=O)Oc2nc3ccccc3s2)c1. The average molecular weight is 432 g/mol. The number of carbonyl (C=O) groups is 2. The fraction of sp³-hybridized carbons (Fsp3) is 0. The number of carbonyl (C=O) groups excluding carboxylic acids is 2. The summed E-state index contributed by atoms with van der Waals surface area (Å²) in [5, 5.41) is 0.507. The summed E-state index contributed by atoms with van der Waals surface area (Å²) in [5.74, 6) is -1.19. The Morgan fingerprint density at radius 1 is 0.633 bits per heavy atom. The Balaban J connectivity index is 1.33. The van der Waals surface area contributed by atoms with Crippen LogP contribution in [0.25, 0.3) is 20.4 Å². The van der Waals surface area contributed by atoms with Crippen LogP contribution in [0.3, 0.4) is 0 Å². The summed E-state index contributed by atoms with van der Waals surface area (Å²) >= 11 is 2.56. The molecule has 6 nitrogen and oxygen atoms in total. The van der Waals surface area contributed by atoms with Gasteiger partial charge in [0.2, 0.25) is 0 Å². The van der Waals surface area contributed by atoms with Crippen molar-refractivity contribution in [3.05, 3.63) is 83.9 Å². The molecule has 0 amide bonds. The van der Waals surface area contributed by atoms with Gasteiger partial charge in [0, 0.05) is 0 Å². The first-order chi connectivity index (χ1) is 14.7. The highest BCUT2D eigenvalue weighted by atomic mass is 32.1. The van der Waals surface area contributed by atoms with E-state index in [2.05, 4.69) is 9.97 Å². The van der Waals surface area contributed by atoms with Gasteiger partial charge < -0.3 is 9.47 Å². The summed E-state index contributed by atoms with van der Waals surface area (Å²) in [7, 11) is 0. The molecule has 0 saturated carbocycles. The zero-order valence-corrected chi connectivity index (χ0v) is 16.9. The predicted molar refractivity (Wildman–Crippen MR) is 116 cm³/mol. The van der Waals surface area contributed by atoms with Gasteiger partial charge >= 0.3 is 11.9 Å². The van der Waals surface area contributed by atoms with E-state index in [0.717, 1.165) is 20.4 Å². The zero-order valence-electron chi connectivity index (χ0n) is 15.3. The molecular weight excluding hydrogens is 420 g/mol. The van der Waals surface area contributed by atoms with E-state index in [1.807, 2.05) is 48.5 Å². The van der Waals surface area contributed by atoms with Crippen LogP contribution < -0.4 is 9.47 Å². The van der Waals surface area contributed by atoms with Crippen LogP contribution in [-0.4, -0.2) is 21.9 Å². The first kappa shape index (κ1) is 18.4. The molecule has 0 aliphatic carbocycles. The Hall–Kier alpha value is -3.62. The second-order valence-corrected chi connectivity index (χ2v) is 8.24. The van der Waals surface area contributed by atoms with Crippen LogP contribution in [0.1, 0.15) is 20.7 Å². The minimum atomic E-state index is -0.594. The molecule has 30 heavy (non-hydrogen) atoms. The van der Waals surface area contributed by atoms with Crippen LogP contribution in [-0.2, 0) is 0 Å². The normalized spacial score (nSPS) is 10.9. The smallest absolute Gasteiger partial charge is 0.345 e. The first-order valence-electron chi connectivity index (χ1n) is 8.91. The standard InChI is InChI=1S/C22H12N2O4S2/c25-19(27-21-23-15-8-1-3-10-17(15)29-21)13-6-5-7-14(12-13)20(26)28-22-24-16-9-2-4-11-18(16)30-22/h1-12H. The average Bonchev–Trinajstić information content (AvgIpc) is 3.36. The van der Waals surface area contributed by atoms with Gasteiger partial charge in [-0.1, -0.05) is 53.0 Å². The Morgan fingerprint density at radius 2 is 1.10 bits per heavy atom. The summed E-state index contributed by atoms with van der Waals surface area (Å²) in [4.78, 5) is 33.6. The van der Waals surface area contributed by atoms with Gasteiger partial charge in [-0.3, -0.25) is 0 Å². The van der Waals surface area contributed by atoms with E-state index in [1.165, 1.54) is 28.7 Å².